The lowest BCUT2D eigenvalue weighted by atomic mass is 10.1. The molecule has 1 rings (SSSR count). The van der Waals surface area contributed by atoms with Gasteiger partial charge in [-0.2, -0.15) is 0 Å². The van der Waals surface area contributed by atoms with Gasteiger partial charge in [0.15, 0.2) is 5.13 Å². The van der Waals surface area contributed by atoms with Gasteiger partial charge < -0.3 is 15.0 Å². The minimum atomic E-state index is 0.588. The van der Waals surface area contributed by atoms with Crippen molar-refractivity contribution in [3.8, 4) is 0 Å². The van der Waals surface area contributed by atoms with Crippen molar-refractivity contribution in [1.82, 2.24) is 10.3 Å². The number of hydrogen-bond acceptors (Lipinski definition) is 5. The smallest absolute Gasteiger partial charge is 0.185 e. The van der Waals surface area contributed by atoms with Crippen LogP contribution in [0.4, 0.5) is 5.13 Å². The van der Waals surface area contributed by atoms with Gasteiger partial charge in [-0.15, -0.1) is 11.3 Å². The number of thiazole rings is 1. The standard InChI is InChI=1S/C13H25N3OS/c1-5-11(6-2)16(3)13-15-10-12(18-13)9-14-7-8-17-4/h10-11,14H,5-9H2,1-4H3. The molecule has 0 radical (unpaired) electrons. The number of methoxy groups -OCH3 is 1. The Balaban J connectivity index is 2.46. The van der Waals surface area contributed by atoms with Crippen LogP contribution in [0.25, 0.3) is 0 Å². The molecule has 5 heteroatoms. The molecule has 1 aromatic heterocycles. The quantitative estimate of drug-likeness (QED) is 0.700. The maximum atomic E-state index is 5.00. The average molecular weight is 271 g/mol. The summed E-state index contributed by atoms with van der Waals surface area (Å²) in [5.41, 5.74) is 0. The zero-order valence-corrected chi connectivity index (χ0v) is 12.7. The Morgan fingerprint density at radius 2 is 2.17 bits per heavy atom. The maximum Gasteiger partial charge on any atom is 0.185 e. The molecule has 1 N–H and O–H groups in total. The highest BCUT2D eigenvalue weighted by molar-refractivity contribution is 7.15. The third-order valence-electron chi connectivity index (χ3n) is 3.12. The number of rotatable bonds is 9. The predicted octanol–water partition coefficient (Wildman–Crippen LogP) is 2.50. The summed E-state index contributed by atoms with van der Waals surface area (Å²) in [4.78, 5) is 8.08. The van der Waals surface area contributed by atoms with E-state index in [1.807, 2.05) is 6.20 Å². The van der Waals surface area contributed by atoms with Crippen LogP contribution in [0.1, 0.15) is 31.6 Å². The molecule has 104 valence electrons. The molecule has 0 fully saturated rings. The van der Waals surface area contributed by atoms with Gasteiger partial charge >= 0.3 is 0 Å². The van der Waals surface area contributed by atoms with Crippen LogP contribution in [0.2, 0.25) is 0 Å². The monoisotopic (exact) mass is 271 g/mol. The van der Waals surface area contributed by atoms with E-state index in [9.17, 15) is 0 Å². The Bertz CT molecular complexity index is 326. The highest BCUT2D eigenvalue weighted by atomic mass is 32.1. The van der Waals surface area contributed by atoms with Gasteiger partial charge in [0.25, 0.3) is 0 Å². The number of anilines is 1. The van der Waals surface area contributed by atoms with Crippen LogP contribution in [-0.2, 0) is 11.3 Å². The molecule has 1 heterocycles. The molecule has 18 heavy (non-hydrogen) atoms. The van der Waals surface area contributed by atoms with Crippen molar-refractivity contribution < 1.29 is 4.74 Å². The minimum Gasteiger partial charge on any atom is -0.383 e. The van der Waals surface area contributed by atoms with Crippen LogP contribution in [-0.4, -0.2) is 38.3 Å². The summed E-state index contributed by atoms with van der Waals surface area (Å²) in [6.07, 6.45) is 4.29. The third kappa shape index (κ3) is 4.55. The van der Waals surface area contributed by atoms with Gasteiger partial charge in [0.1, 0.15) is 0 Å². The molecular weight excluding hydrogens is 246 g/mol. The minimum absolute atomic E-state index is 0.588. The van der Waals surface area contributed by atoms with Crippen LogP contribution < -0.4 is 10.2 Å². The fraction of sp³-hybridized carbons (Fsp3) is 0.769. The van der Waals surface area contributed by atoms with E-state index in [0.29, 0.717) is 6.04 Å². The van der Waals surface area contributed by atoms with Gasteiger partial charge in [-0.05, 0) is 12.8 Å². The van der Waals surface area contributed by atoms with Crippen molar-refractivity contribution in [1.29, 1.82) is 0 Å². The Labute approximate surface area is 114 Å². The number of hydrogen-bond donors (Lipinski definition) is 1. The molecule has 0 unspecified atom stereocenters. The van der Waals surface area contributed by atoms with E-state index in [2.05, 4.69) is 36.1 Å². The van der Waals surface area contributed by atoms with Crippen LogP contribution in [0.15, 0.2) is 6.20 Å². The average Bonchev–Trinajstić information content (AvgIpc) is 2.85. The van der Waals surface area contributed by atoms with Crippen LogP contribution in [0.5, 0.6) is 0 Å². The summed E-state index contributed by atoms with van der Waals surface area (Å²) in [6.45, 7) is 6.96. The summed E-state index contributed by atoms with van der Waals surface area (Å²) in [5.74, 6) is 0. The molecule has 1 aromatic rings. The molecule has 0 saturated carbocycles. The first-order valence-corrected chi connectivity index (χ1v) is 7.41. The molecule has 0 saturated heterocycles. The topological polar surface area (TPSA) is 37.4 Å². The van der Waals surface area contributed by atoms with Gasteiger partial charge in [-0.1, -0.05) is 13.8 Å². The Morgan fingerprint density at radius 1 is 1.44 bits per heavy atom. The van der Waals surface area contributed by atoms with E-state index >= 15 is 0 Å². The lowest BCUT2D eigenvalue weighted by Crippen LogP contribution is -2.30. The van der Waals surface area contributed by atoms with Crippen molar-refractivity contribution in [2.75, 3.05) is 32.2 Å². The van der Waals surface area contributed by atoms with Crippen molar-refractivity contribution in [2.24, 2.45) is 0 Å². The molecule has 0 spiro atoms. The summed E-state index contributed by atoms with van der Waals surface area (Å²) < 4.78 is 5.00. The van der Waals surface area contributed by atoms with E-state index in [4.69, 9.17) is 4.74 Å². The van der Waals surface area contributed by atoms with Gasteiger partial charge in [-0.3, -0.25) is 0 Å². The van der Waals surface area contributed by atoms with Gasteiger partial charge in [0, 0.05) is 44.4 Å². The maximum absolute atomic E-state index is 5.00. The number of ether oxygens (including phenoxy) is 1. The van der Waals surface area contributed by atoms with E-state index in [0.717, 1.165) is 37.7 Å². The second kappa shape index (κ2) is 8.45. The van der Waals surface area contributed by atoms with Gasteiger partial charge in [0.2, 0.25) is 0 Å². The fourth-order valence-electron chi connectivity index (χ4n) is 1.92. The summed E-state index contributed by atoms with van der Waals surface area (Å²) >= 11 is 1.77. The summed E-state index contributed by atoms with van der Waals surface area (Å²) in [6, 6.07) is 0.588. The molecule has 0 amide bonds. The van der Waals surface area contributed by atoms with Crippen molar-refractivity contribution in [2.45, 2.75) is 39.3 Å². The molecule has 0 aromatic carbocycles. The molecular formula is C13H25N3OS. The van der Waals surface area contributed by atoms with Crippen molar-refractivity contribution in [3.05, 3.63) is 11.1 Å². The Kier molecular flexibility index (Phi) is 7.23. The number of aromatic nitrogens is 1. The third-order valence-corrected chi connectivity index (χ3v) is 4.20. The first-order chi connectivity index (χ1) is 8.72. The van der Waals surface area contributed by atoms with E-state index in [1.165, 1.54) is 4.88 Å². The molecule has 0 aliphatic rings. The Morgan fingerprint density at radius 3 is 2.78 bits per heavy atom. The predicted molar refractivity (Wildman–Crippen MR) is 78.5 cm³/mol. The highest BCUT2D eigenvalue weighted by Gasteiger charge is 2.14. The highest BCUT2D eigenvalue weighted by Crippen LogP contribution is 2.24. The molecule has 0 aliphatic carbocycles. The SMILES string of the molecule is CCC(CC)N(C)c1ncc(CNCCOC)s1. The molecule has 4 nitrogen and oxygen atoms in total. The molecule has 0 bridgehead atoms. The van der Waals surface area contributed by atoms with Crippen LogP contribution >= 0.6 is 11.3 Å². The first kappa shape index (κ1) is 15.4. The first-order valence-electron chi connectivity index (χ1n) is 6.60. The van der Waals surface area contributed by atoms with Crippen LogP contribution in [0, 0.1) is 0 Å². The second-order valence-electron chi connectivity index (χ2n) is 4.36. The van der Waals surface area contributed by atoms with E-state index in [1.54, 1.807) is 18.4 Å². The molecule has 0 aliphatic heterocycles. The second-order valence-corrected chi connectivity index (χ2v) is 5.45. The fourth-order valence-corrected chi connectivity index (χ4v) is 2.83. The largest absolute Gasteiger partial charge is 0.383 e. The lowest BCUT2D eigenvalue weighted by molar-refractivity contribution is 0.199. The molecule has 0 atom stereocenters. The van der Waals surface area contributed by atoms with Crippen molar-refractivity contribution >= 4 is 16.5 Å². The number of nitrogens with zero attached hydrogens (tertiary/aromatic N) is 2. The van der Waals surface area contributed by atoms with Gasteiger partial charge in [-0.25, -0.2) is 4.98 Å². The zero-order valence-electron chi connectivity index (χ0n) is 11.9. The number of nitrogens with one attached hydrogen (secondary N) is 1. The van der Waals surface area contributed by atoms with E-state index in [-0.39, 0.29) is 0 Å². The summed E-state index contributed by atoms with van der Waals surface area (Å²) in [5, 5.41) is 4.46. The Hall–Kier alpha value is -0.650. The van der Waals surface area contributed by atoms with Crippen LogP contribution in [0.3, 0.4) is 0 Å². The van der Waals surface area contributed by atoms with E-state index < -0.39 is 0 Å². The zero-order chi connectivity index (χ0) is 13.4. The lowest BCUT2D eigenvalue weighted by Gasteiger charge is -2.25. The summed E-state index contributed by atoms with van der Waals surface area (Å²) in [7, 11) is 3.86. The van der Waals surface area contributed by atoms with Gasteiger partial charge in [0.05, 0.1) is 6.61 Å². The normalized spacial score (nSPS) is 11.2. The van der Waals surface area contributed by atoms with Crippen molar-refractivity contribution in [3.63, 3.8) is 0 Å².